The summed E-state index contributed by atoms with van der Waals surface area (Å²) in [6.07, 6.45) is -0.274. The molecule has 1 saturated heterocycles. The van der Waals surface area contributed by atoms with Gasteiger partial charge < -0.3 is 40.6 Å². The average Bonchev–Trinajstić information content (AvgIpc) is 3.15. The molecule has 0 bridgehead atoms. The van der Waals surface area contributed by atoms with Crippen molar-refractivity contribution >= 4 is 44.4 Å². The summed E-state index contributed by atoms with van der Waals surface area (Å²) in [5.41, 5.74) is 6.29. The molecule has 1 aromatic carbocycles. The third-order valence-corrected chi connectivity index (χ3v) is 6.69. The van der Waals surface area contributed by atoms with Crippen LogP contribution < -0.4 is 10.5 Å². The molecule has 2 fully saturated rings. The Morgan fingerprint density at radius 1 is 1.16 bits per heavy atom. The van der Waals surface area contributed by atoms with Gasteiger partial charge in [-0.2, -0.15) is 0 Å². The van der Waals surface area contributed by atoms with Gasteiger partial charge in [0.2, 0.25) is 6.29 Å². The molecule has 31 heavy (non-hydrogen) atoms. The maximum absolute atomic E-state index is 11.1. The lowest BCUT2D eigenvalue weighted by Gasteiger charge is -2.38. The minimum absolute atomic E-state index is 0.202. The maximum Gasteiger partial charge on any atom is 0.335 e. The highest BCUT2D eigenvalue weighted by Gasteiger charge is 2.48. The van der Waals surface area contributed by atoms with E-state index in [1.807, 2.05) is 0 Å². The molecular formula is C20H26BrClN2O7. The molecule has 0 amide bonds. The van der Waals surface area contributed by atoms with Gasteiger partial charge in [0.15, 0.2) is 6.10 Å². The number of aliphatic hydroxyl groups is 3. The highest BCUT2D eigenvalue weighted by atomic mass is 79.9. The SMILES string of the molecule is NC1CCCCC1.O=C(O)C1OC(Oc2c[nH]c3ccc(Br)c(Cl)c23)C(O)C(O)C1O. The van der Waals surface area contributed by atoms with Crippen molar-refractivity contribution < 1.29 is 34.7 Å². The molecule has 11 heteroatoms. The molecule has 5 atom stereocenters. The molecule has 2 aromatic rings. The lowest BCUT2D eigenvalue weighted by molar-refractivity contribution is -0.270. The molecule has 2 aliphatic rings. The van der Waals surface area contributed by atoms with E-state index < -0.39 is 36.7 Å². The molecule has 9 nitrogen and oxygen atoms in total. The minimum atomic E-state index is -1.78. The van der Waals surface area contributed by atoms with E-state index in [1.54, 1.807) is 12.1 Å². The lowest BCUT2D eigenvalue weighted by Crippen LogP contribution is -2.61. The van der Waals surface area contributed by atoms with Crippen LogP contribution >= 0.6 is 27.5 Å². The Hall–Kier alpha value is -1.40. The van der Waals surface area contributed by atoms with E-state index in [1.165, 1.54) is 38.3 Å². The molecule has 172 valence electrons. The van der Waals surface area contributed by atoms with Crippen LogP contribution in [0, 0.1) is 0 Å². The number of hydrogen-bond acceptors (Lipinski definition) is 7. The van der Waals surface area contributed by atoms with Crippen molar-refractivity contribution in [3.8, 4) is 5.75 Å². The zero-order valence-electron chi connectivity index (χ0n) is 16.6. The smallest absolute Gasteiger partial charge is 0.335 e. The Kier molecular flexibility index (Phi) is 8.19. The number of aromatic amines is 1. The monoisotopic (exact) mass is 520 g/mol. The Morgan fingerprint density at radius 3 is 2.42 bits per heavy atom. The molecule has 1 aliphatic heterocycles. The second kappa shape index (κ2) is 10.5. The zero-order chi connectivity index (χ0) is 22.7. The minimum Gasteiger partial charge on any atom is -0.479 e. The van der Waals surface area contributed by atoms with Crippen LogP contribution in [-0.2, 0) is 9.53 Å². The van der Waals surface area contributed by atoms with E-state index in [2.05, 4.69) is 20.9 Å². The average molecular weight is 522 g/mol. The van der Waals surface area contributed by atoms with Crippen LogP contribution in [0.4, 0.5) is 0 Å². The Bertz CT molecular complexity index is 905. The number of rotatable bonds is 3. The van der Waals surface area contributed by atoms with Gasteiger partial charge in [0, 0.05) is 16.7 Å². The summed E-state index contributed by atoms with van der Waals surface area (Å²) in [5.74, 6) is -1.28. The molecule has 0 spiro atoms. The van der Waals surface area contributed by atoms with Crippen molar-refractivity contribution in [2.45, 2.75) is 68.9 Å². The number of aromatic nitrogens is 1. The highest BCUT2D eigenvalue weighted by molar-refractivity contribution is 9.10. The number of fused-ring (bicyclic) bond motifs is 1. The van der Waals surface area contributed by atoms with Gasteiger partial charge in [0.1, 0.15) is 24.1 Å². The molecular weight excluding hydrogens is 496 g/mol. The number of aliphatic hydroxyl groups excluding tert-OH is 3. The number of nitrogens with one attached hydrogen (secondary N) is 1. The van der Waals surface area contributed by atoms with Crippen LogP contribution in [0.3, 0.4) is 0 Å². The predicted octanol–water partition coefficient (Wildman–Crippen LogP) is 2.13. The Balaban J connectivity index is 0.000000330. The fraction of sp³-hybridized carbons (Fsp3) is 0.550. The van der Waals surface area contributed by atoms with E-state index in [0.717, 1.165) is 0 Å². The van der Waals surface area contributed by atoms with Gasteiger partial charge in [0.25, 0.3) is 0 Å². The molecule has 1 aliphatic carbocycles. The number of hydrogen-bond donors (Lipinski definition) is 6. The first-order valence-corrected chi connectivity index (χ1v) is 11.2. The number of carbonyl (C=O) groups is 1. The van der Waals surface area contributed by atoms with E-state index in [4.69, 9.17) is 31.9 Å². The van der Waals surface area contributed by atoms with Crippen LogP contribution in [0.2, 0.25) is 5.02 Å². The van der Waals surface area contributed by atoms with E-state index in [9.17, 15) is 20.1 Å². The van der Waals surface area contributed by atoms with Crippen LogP contribution in [0.25, 0.3) is 10.9 Å². The van der Waals surface area contributed by atoms with Crippen molar-refractivity contribution in [1.29, 1.82) is 0 Å². The van der Waals surface area contributed by atoms with Gasteiger partial charge in [0.05, 0.1) is 15.9 Å². The number of ether oxygens (including phenoxy) is 2. The standard InChI is InChI=1S/C14H13BrClNO7.C6H13N/c15-4-1-2-5-7(8(4)16)6(3-17-5)23-14-11(20)9(18)10(19)12(24-14)13(21)22;7-6-4-2-1-3-5-6/h1-3,9-12,14,17-20H,(H,21,22);6H,1-5,7H2. The number of nitrogens with two attached hydrogens (primary N) is 1. The van der Waals surface area contributed by atoms with Crippen molar-refractivity contribution in [1.82, 2.24) is 4.98 Å². The third kappa shape index (κ3) is 5.51. The van der Waals surface area contributed by atoms with Crippen molar-refractivity contribution in [3.63, 3.8) is 0 Å². The second-order valence-corrected chi connectivity index (χ2v) is 8.92. The number of aliphatic carboxylic acids is 1. The van der Waals surface area contributed by atoms with E-state index >= 15 is 0 Å². The third-order valence-electron chi connectivity index (χ3n) is 5.41. The van der Waals surface area contributed by atoms with E-state index in [-0.39, 0.29) is 5.75 Å². The molecule has 0 radical (unpaired) electrons. The molecule has 1 saturated carbocycles. The Labute approximate surface area is 192 Å². The molecule has 2 heterocycles. The summed E-state index contributed by atoms with van der Waals surface area (Å²) < 4.78 is 11.2. The summed E-state index contributed by atoms with van der Waals surface area (Å²) in [6.45, 7) is 0. The number of carboxylic acids is 1. The molecule has 5 unspecified atom stereocenters. The van der Waals surface area contributed by atoms with Gasteiger partial charge in [-0.25, -0.2) is 4.79 Å². The van der Waals surface area contributed by atoms with Gasteiger partial charge in [-0.15, -0.1) is 0 Å². The van der Waals surface area contributed by atoms with Crippen LogP contribution in [-0.4, -0.2) is 68.1 Å². The molecule has 7 N–H and O–H groups in total. The normalized spacial score (nSPS) is 29.3. The van der Waals surface area contributed by atoms with Crippen molar-refractivity contribution in [3.05, 3.63) is 27.8 Å². The predicted molar refractivity (Wildman–Crippen MR) is 117 cm³/mol. The Morgan fingerprint density at radius 2 is 1.84 bits per heavy atom. The lowest BCUT2D eigenvalue weighted by atomic mass is 9.97. The largest absolute Gasteiger partial charge is 0.479 e. The topological polar surface area (TPSA) is 158 Å². The summed E-state index contributed by atoms with van der Waals surface area (Å²) in [5, 5.41) is 39.4. The summed E-state index contributed by atoms with van der Waals surface area (Å²) in [4.78, 5) is 14.0. The fourth-order valence-electron chi connectivity index (χ4n) is 3.63. The molecule has 1 aromatic heterocycles. The maximum atomic E-state index is 11.1. The number of H-pyrrole nitrogens is 1. The van der Waals surface area contributed by atoms with Gasteiger partial charge in [-0.3, -0.25) is 0 Å². The number of halogens is 2. The van der Waals surface area contributed by atoms with Gasteiger partial charge in [-0.05, 0) is 40.9 Å². The number of carboxylic acid groups (broad SMARTS) is 1. The first-order valence-electron chi connectivity index (χ1n) is 10.0. The fourth-order valence-corrected chi connectivity index (χ4v) is 4.22. The first-order chi connectivity index (χ1) is 14.7. The van der Waals surface area contributed by atoms with Gasteiger partial charge in [-0.1, -0.05) is 30.9 Å². The summed E-state index contributed by atoms with van der Waals surface area (Å²) in [6, 6.07) is 4.01. The van der Waals surface area contributed by atoms with Crippen molar-refractivity contribution in [2.75, 3.05) is 0 Å². The van der Waals surface area contributed by atoms with Crippen LogP contribution in [0.1, 0.15) is 32.1 Å². The van der Waals surface area contributed by atoms with Crippen molar-refractivity contribution in [2.24, 2.45) is 5.73 Å². The zero-order valence-corrected chi connectivity index (χ0v) is 18.9. The van der Waals surface area contributed by atoms with Crippen LogP contribution in [0.15, 0.2) is 22.8 Å². The van der Waals surface area contributed by atoms with E-state index in [0.29, 0.717) is 26.4 Å². The molecule has 4 rings (SSSR count). The number of benzene rings is 1. The van der Waals surface area contributed by atoms with Gasteiger partial charge >= 0.3 is 5.97 Å². The highest BCUT2D eigenvalue weighted by Crippen LogP contribution is 2.38. The summed E-state index contributed by atoms with van der Waals surface area (Å²) in [7, 11) is 0. The van der Waals surface area contributed by atoms with Crippen LogP contribution in [0.5, 0.6) is 5.75 Å². The summed E-state index contributed by atoms with van der Waals surface area (Å²) >= 11 is 9.51. The first kappa shape index (κ1) is 24.2. The second-order valence-electron chi connectivity index (χ2n) is 7.69. The quantitative estimate of drug-likeness (QED) is 0.358.